The van der Waals surface area contributed by atoms with Gasteiger partial charge in [-0.05, 0) is 36.4 Å². The summed E-state index contributed by atoms with van der Waals surface area (Å²) >= 11 is 1.36. The average Bonchev–Trinajstić information content (AvgIpc) is 3.37. The molecule has 0 saturated carbocycles. The summed E-state index contributed by atoms with van der Waals surface area (Å²) in [6.07, 6.45) is 0. The number of hydrogen-bond donors (Lipinski definition) is 1. The molecule has 1 aliphatic heterocycles. The van der Waals surface area contributed by atoms with Crippen molar-refractivity contribution in [1.82, 2.24) is 10.2 Å². The van der Waals surface area contributed by atoms with E-state index in [2.05, 4.69) is 10.2 Å². The lowest BCUT2D eigenvalue weighted by Crippen LogP contribution is -2.30. The van der Waals surface area contributed by atoms with Crippen molar-refractivity contribution in [1.29, 1.82) is 0 Å². The summed E-state index contributed by atoms with van der Waals surface area (Å²) < 4.78 is 22.9. The van der Waals surface area contributed by atoms with Crippen LogP contribution in [0, 0.1) is 0 Å². The van der Waals surface area contributed by atoms with Crippen molar-refractivity contribution in [3.05, 3.63) is 54.1 Å². The van der Waals surface area contributed by atoms with E-state index >= 15 is 0 Å². The zero-order valence-electron chi connectivity index (χ0n) is 14.6. The molecule has 0 aliphatic carbocycles. The van der Waals surface area contributed by atoms with Crippen LogP contribution < -0.4 is 4.74 Å². The van der Waals surface area contributed by atoms with Gasteiger partial charge >= 0.3 is 0 Å². The molecule has 140 valence electrons. The first-order chi connectivity index (χ1) is 13.2. The maximum absolute atomic E-state index is 9.38. The molecule has 0 unspecified atom stereocenters. The standard InChI is InChI=1S/C19H18N2O5S/c1-23-16-4-2-3-14(11-16)19(24-9-10-25-19)12-27-18-21-20-17(26-18)13-5-7-15(22)8-6-13/h2-8,11,22H,9-10,12H2,1H3. The lowest BCUT2D eigenvalue weighted by molar-refractivity contribution is -0.145. The number of nitrogens with zero attached hydrogens (tertiary/aromatic N) is 2. The summed E-state index contributed by atoms with van der Waals surface area (Å²) in [5.74, 6) is 0.886. The highest BCUT2D eigenvalue weighted by molar-refractivity contribution is 7.99. The van der Waals surface area contributed by atoms with E-state index in [1.54, 1.807) is 31.4 Å². The fourth-order valence-electron chi connectivity index (χ4n) is 2.79. The molecule has 27 heavy (non-hydrogen) atoms. The molecular weight excluding hydrogens is 368 g/mol. The van der Waals surface area contributed by atoms with Gasteiger partial charge in [-0.15, -0.1) is 10.2 Å². The van der Waals surface area contributed by atoms with Gasteiger partial charge in [-0.3, -0.25) is 0 Å². The van der Waals surface area contributed by atoms with E-state index in [9.17, 15) is 5.11 Å². The number of hydrogen-bond acceptors (Lipinski definition) is 8. The van der Waals surface area contributed by atoms with Crippen LogP contribution in [0.5, 0.6) is 11.5 Å². The van der Waals surface area contributed by atoms with Crippen LogP contribution in [0.1, 0.15) is 5.56 Å². The number of methoxy groups -OCH3 is 1. The highest BCUT2D eigenvalue weighted by Crippen LogP contribution is 2.38. The Kier molecular flexibility index (Phi) is 5.02. The number of ether oxygens (including phenoxy) is 3. The van der Waals surface area contributed by atoms with Crippen LogP contribution in [0.15, 0.2) is 58.2 Å². The fraction of sp³-hybridized carbons (Fsp3) is 0.263. The molecule has 1 aliphatic rings. The Morgan fingerprint density at radius 2 is 1.89 bits per heavy atom. The summed E-state index contributed by atoms with van der Waals surface area (Å²) in [7, 11) is 1.63. The van der Waals surface area contributed by atoms with E-state index in [1.807, 2.05) is 24.3 Å². The Labute approximate surface area is 160 Å². The van der Waals surface area contributed by atoms with E-state index in [1.165, 1.54) is 11.8 Å². The summed E-state index contributed by atoms with van der Waals surface area (Å²) in [5.41, 5.74) is 1.62. The van der Waals surface area contributed by atoms with Gasteiger partial charge in [0.25, 0.3) is 5.22 Å². The van der Waals surface area contributed by atoms with Gasteiger partial charge in [0.1, 0.15) is 11.5 Å². The molecule has 1 fully saturated rings. The number of rotatable bonds is 6. The smallest absolute Gasteiger partial charge is 0.277 e. The van der Waals surface area contributed by atoms with Crippen LogP contribution in [0.3, 0.4) is 0 Å². The highest BCUT2D eigenvalue weighted by Gasteiger charge is 2.39. The lowest BCUT2D eigenvalue weighted by Gasteiger charge is -2.27. The average molecular weight is 386 g/mol. The van der Waals surface area contributed by atoms with Crippen molar-refractivity contribution in [2.75, 3.05) is 26.1 Å². The topological polar surface area (TPSA) is 86.8 Å². The highest BCUT2D eigenvalue weighted by atomic mass is 32.2. The minimum absolute atomic E-state index is 0.184. The molecule has 3 aromatic rings. The summed E-state index contributed by atoms with van der Waals surface area (Å²) in [6, 6.07) is 14.2. The monoisotopic (exact) mass is 386 g/mol. The third-order valence-corrected chi connectivity index (χ3v) is 5.11. The third-order valence-electron chi connectivity index (χ3n) is 4.17. The fourth-order valence-corrected chi connectivity index (χ4v) is 3.68. The molecule has 0 amide bonds. The van der Waals surface area contributed by atoms with Crippen molar-refractivity contribution in [3.63, 3.8) is 0 Å². The first-order valence-corrected chi connectivity index (χ1v) is 9.35. The van der Waals surface area contributed by atoms with Crippen molar-refractivity contribution in [2.45, 2.75) is 11.0 Å². The Balaban J connectivity index is 1.51. The molecule has 1 N–H and O–H groups in total. The van der Waals surface area contributed by atoms with Gasteiger partial charge in [0.2, 0.25) is 11.7 Å². The van der Waals surface area contributed by atoms with E-state index in [4.69, 9.17) is 18.6 Å². The van der Waals surface area contributed by atoms with E-state index in [-0.39, 0.29) is 5.75 Å². The Bertz CT molecular complexity index is 906. The first kappa shape index (κ1) is 17.8. The maximum Gasteiger partial charge on any atom is 0.277 e. The van der Waals surface area contributed by atoms with E-state index < -0.39 is 5.79 Å². The lowest BCUT2D eigenvalue weighted by atomic mass is 10.1. The molecule has 0 radical (unpaired) electrons. The number of aromatic hydroxyl groups is 1. The minimum Gasteiger partial charge on any atom is -0.508 e. The molecule has 8 heteroatoms. The normalized spacial score (nSPS) is 15.7. The predicted molar refractivity (Wildman–Crippen MR) is 98.7 cm³/mol. The summed E-state index contributed by atoms with van der Waals surface area (Å²) in [5, 5.41) is 17.9. The molecule has 0 atom stereocenters. The molecule has 0 bridgehead atoms. The van der Waals surface area contributed by atoms with Crippen molar-refractivity contribution >= 4 is 11.8 Å². The maximum atomic E-state index is 9.38. The number of benzene rings is 2. The molecule has 2 aromatic carbocycles. The van der Waals surface area contributed by atoms with Gasteiger partial charge in [0.05, 0.1) is 26.1 Å². The SMILES string of the molecule is COc1cccc(C2(CSc3nnc(-c4ccc(O)cc4)o3)OCCO2)c1. The molecule has 1 saturated heterocycles. The minimum atomic E-state index is -0.883. The summed E-state index contributed by atoms with van der Waals surface area (Å²) in [6.45, 7) is 1.03. The molecule has 2 heterocycles. The zero-order valence-corrected chi connectivity index (χ0v) is 15.4. The second-order valence-electron chi connectivity index (χ2n) is 5.89. The van der Waals surface area contributed by atoms with Crippen molar-refractivity contribution in [2.24, 2.45) is 0 Å². The van der Waals surface area contributed by atoms with Crippen LogP contribution in [0.25, 0.3) is 11.5 Å². The van der Waals surface area contributed by atoms with Gasteiger partial charge in [-0.1, -0.05) is 23.9 Å². The Morgan fingerprint density at radius 3 is 2.63 bits per heavy atom. The first-order valence-electron chi connectivity index (χ1n) is 8.37. The second-order valence-corrected chi connectivity index (χ2v) is 6.82. The number of aromatic nitrogens is 2. The second kappa shape index (κ2) is 7.59. The van der Waals surface area contributed by atoms with Crippen LogP contribution in [0.2, 0.25) is 0 Å². The largest absolute Gasteiger partial charge is 0.508 e. The number of phenols is 1. The van der Waals surface area contributed by atoms with Crippen LogP contribution >= 0.6 is 11.8 Å². The predicted octanol–water partition coefficient (Wildman–Crippen LogP) is 3.44. The molecular formula is C19H18N2O5S. The van der Waals surface area contributed by atoms with E-state index in [0.717, 1.165) is 16.9 Å². The summed E-state index contributed by atoms with van der Waals surface area (Å²) in [4.78, 5) is 0. The van der Waals surface area contributed by atoms with Crippen molar-refractivity contribution < 1.29 is 23.7 Å². The van der Waals surface area contributed by atoms with Crippen LogP contribution in [0.4, 0.5) is 0 Å². The van der Waals surface area contributed by atoms with E-state index in [0.29, 0.717) is 30.1 Å². The van der Waals surface area contributed by atoms with Gasteiger partial charge in [0.15, 0.2) is 0 Å². The molecule has 7 nitrogen and oxygen atoms in total. The van der Waals surface area contributed by atoms with Crippen LogP contribution in [-0.2, 0) is 15.3 Å². The molecule has 4 rings (SSSR count). The molecule has 0 spiro atoms. The van der Waals surface area contributed by atoms with Gasteiger partial charge in [0, 0.05) is 11.1 Å². The van der Waals surface area contributed by atoms with Crippen molar-refractivity contribution in [3.8, 4) is 23.0 Å². The van der Waals surface area contributed by atoms with Crippen LogP contribution in [-0.4, -0.2) is 41.4 Å². The van der Waals surface area contributed by atoms with Gasteiger partial charge in [-0.2, -0.15) is 0 Å². The van der Waals surface area contributed by atoms with Gasteiger partial charge < -0.3 is 23.7 Å². The zero-order chi connectivity index (χ0) is 18.7. The third kappa shape index (κ3) is 3.78. The molecule has 1 aromatic heterocycles. The number of thioether (sulfide) groups is 1. The Morgan fingerprint density at radius 1 is 1.11 bits per heavy atom. The van der Waals surface area contributed by atoms with Gasteiger partial charge in [-0.25, -0.2) is 0 Å². The Hall–Kier alpha value is -2.55. The number of phenolic OH excluding ortho intramolecular Hbond substituents is 1. The quantitative estimate of drug-likeness (QED) is 0.645.